The summed E-state index contributed by atoms with van der Waals surface area (Å²) in [6.45, 7) is 1.96. The molecule has 0 N–H and O–H groups in total. The van der Waals surface area contributed by atoms with E-state index in [0.29, 0.717) is 18.6 Å². The molecule has 0 aromatic carbocycles. The molecule has 2 fully saturated rings. The highest BCUT2D eigenvalue weighted by Crippen LogP contribution is 2.34. The molecule has 2 aliphatic rings. The standard InChI is InChI=1S/C19H19ClN6O2/c20-19-23-11-16(12-24-19)25-4-1-14(2-5-25)18(27)26-17(3-6-28-26)15-7-13(8-21)9-22-10-15/h7,9-12,14,17H,1-6H2/t17-/m0/s1. The van der Waals surface area contributed by atoms with Crippen LogP contribution in [0.25, 0.3) is 0 Å². The molecule has 0 aliphatic carbocycles. The number of rotatable bonds is 3. The van der Waals surface area contributed by atoms with E-state index in [9.17, 15) is 4.79 Å². The first-order chi connectivity index (χ1) is 13.7. The first-order valence-corrected chi connectivity index (χ1v) is 9.57. The van der Waals surface area contributed by atoms with E-state index in [0.717, 1.165) is 37.2 Å². The number of hydrogen-bond acceptors (Lipinski definition) is 7. The van der Waals surface area contributed by atoms with E-state index in [2.05, 4.69) is 25.9 Å². The maximum atomic E-state index is 13.1. The van der Waals surface area contributed by atoms with E-state index in [1.54, 1.807) is 24.7 Å². The van der Waals surface area contributed by atoms with Crippen molar-refractivity contribution in [3.05, 3.63) is 47.3 Å². The number of pyridine rings is 1. The van der Waals surface area contributed by atoms with E-state index in [1.165, 1.54) is 11.3 Å². The Hall–Kier alpha value is -2.76. The molecule has 2 aromatic heterocycles. The molecular formula is C19H19ClN6O2. The second-order valence-corrected chi connectivity index (χ2v) is 7.23. The first kappa shape index (κ1) is 18.6. The van der Waals surface area contributed by atoms with Gasteiger partial charge < -0.3 is 4.90 Å². The minimum atomic E-state index is -0.198. The van der Waals surface area contributed by atoms with Crippen molar-refractivity contribution >= 4 is 23.2 Å². The molecule has 0 saturated carbocycles. The molecule has 144 valence electrons. The van der Waals surface area contributed by atoms with Crippen molar-refractivity contribution < 1.29 is 9.63 Å². The summed E-state index contributed by atoms with van der Waals surface area (Å²) < 4.78 is 0. The number of hydrogen-bond donors (Lipinski definition) is 0. The smallest absolute Gasteiger partial charge is 0.249 e. The highest BCUT2D eigenvalue weighted by molar-refractivity contribution is 6.28. The summed E-state index contributed by atoms with van der Waals surface area (Å²) in [5.74, 6) is -0.103. The second kappa shape index (κ2) is 8.09. The number of anilines is 1. The van der Waals surface area contributed by atoms with Crippen molar-refractivity contribution in [3.63, 3.8) is 0 Å². The quantitative estimate of drug-likeness (QED) is 0.733. The zero-order valence-corrected chi connectivity index (χ0v) is 15.9. The average Bonchev–Trinajstić information content (AvgIpc) is 3.24. The lowest BCUT2D eigenvalue weighted by Crippen LogP contribution is -2.42. The Labute approximate surface area is 167 Å². The highest BCUT2D eigenvalue weighted by Gasteiger charge is 2.37. The van der Waals surface area contributed by atoms with Crippen LogP contribution in [0.5, 0.6) is 0 Å². The van der Waals surface area contributed by atoms with Gasteiger partial charge in [-0.3, -0.25) is 14.6 Å². The summed E-state index contributed by atoms with van der Waals surface area (Å²) in [5.41, 5.74) is 2.22. The van der Waals surface area contributed by atoms with Crippen LogP contribution in [0.2, 0.25) is 5.28 Å². The van der Waals surface area contributed by atoms with Gasteiger partial charge in [0.1, 0.15) is 6.07 Å². The predicted molar refractivity (Wildman–Crippen MR) is 101 cm³/mol. The molecule has 2 aliphatic heterocycles. The van der Waals surface area contributed by atoms with Crippen LogP contribution in [0, 0.1) is 17.2 Å². The Balaban J connectivity index is 1.41. The molecule has 2 saturated heterocycles. The van der Waals surface area contributed by atoms with Gasteiger partial charge in [0, 0.05) is 37.8 Å². The molecule has 0 unspecified atom stereocenters. The molecule has 2 aromatic rings. The topological polar surface area (TPSA) is 95.2 Å². The maximum absolute atomic E-state index is 13.1. The third-order valence-electron chi connectivity index (χ3n) is 5.21. The lowest BCUT2D eigenvalue weighted by atomic mass is 9.94. The summed E-state index contributed by atoms with van der Waals surface area (Å²) in [4.78, 5) is 33.0. The van der Waals surface area contributed by atoms with Gasteiger partial charge in [-0.15, -0.1) is 0 Å². The minimum Gasteiger partial charge on any atom is -0.369 e. The van der Waals surface area contributed by atoms with Crippen molar-refractivity contribution in [1.82, 2.24) is 20.0 Å². The molecule has 9 heteroatoms. The molecule has 0 spiro atoms. The largest absolute Gasteiger partial charge is 0.369 e. The fourth-order valence-corrected chi connectivity index (χ4v) is 3.82. The molecule has 8 nitrogen and oxygen atoms in total. The van der Waals surface area contributed by atoms with E-state index < -0.39 is 0 Å². The van der Waals surface area contributed by atoms with Crippen molar-refractivity contribution in [2.75, 3.05) is 24.6 Å². The number of nitrogens with zero attached hydrogens (tertiary/aromatic N) is 6. The predicted octanol–water partition coefficient (Wildman–Crippen LogP) is 2.52. The number of hydroxylamine groups is 2. The minimum absolute atomic E-state index is 0.00290. The van der Waals surface area contributed by atoms with Crippen LogP contribution in [0.1, 0.15) is 36.4 Å². The summed E-state index contributed by atoms with van der Waals surface area (Å²) in [6.07, 6.45) is 8.77. The van der Waals surface area contributed by atoms with Crippen LogP contribution in [0.15, 0.2) is 30.9 Å². The zero-order chi connectivity index (χ0) is 19.5. The average molecular weight is 399 g/mol. The molecule has 28 heavy (non-hydrogen) atoms. The van der Waals surface area contributed by atoms with Gasteiger partial charge in [-0.05, 0) is 36.1 Å². The van der Waals surface area contributed by atoms with Crippen molar-refractivity contribution in [1.29, 1.82) is 5.26 Å². The van der Waals surface area contributed by atoms with Gasteiger partial charge in [0.25, 0.3) is 0 Å². The summed E-state index contributed by atoms with van der Waals surface area (Å²) in [6, 6.07) is 3.67. The zero-order valence-electron chi connectivity index (χ0n) is 15.2. The summed E-state index contributed by atoms with van der Waals surface area (Å²) in [7, 11) is 0. The lowest BCUT2D eigenvalue weighted by Gasteiger charge is -2.34. The van der Waals surface area contributed by atoms with E-state index in [4.69, 9.17) is 21.7 Å². The number of halogens is 1. The van der Waals surface area contributed by atoms with Crippen molar-refractivity contribution in [2.24, 2.45) is 5.92 Å². The van der Waals surface area contributed by atoms with Crippen LogP contribution < -0.4 is 4.90 Å². The van der Waals surface area contributed by atoms with E-state index >= 15 is 0 Å². The number of carbonyl (C=O) groups is 1. The number of piperidine rings is 1. The fraction of sp³-hybridized carbons (Fsp3) is 0.421. The van der Waals surface area contributed by atoms with Gasteiger partial charge in [-0.1, -0.05) is 0 Å². The van der Waals surface area contributed by atoms with Crippen LogP contribution in [-0.2, 0) is 9.63 Å². The van der Waals surface area contributed by atoms with E-state index in [1.807, 2.05) is 0 Å². The van der Waals surface area contributed by atoms with Crippen LogP contribution >= 0.6 is 11.6 Å². The first-order valence-electron chi connectivity index (χ1n) is 9.19. The number of aromatic nitrogens is 3. The number of nitriles is 1. The molecule has 0 bridgehead atoms. The van der Waals surface area contributed by atoms with Gasteiger partial charge in [-0.2, -0.15) is 5.26 Å². The fourth-order valence-electron chi connectivity index (χ4n) is 3.72. The number of amides is 1. The molecule has 1 atom stereocenters. The molecular weight excluding hydrogens is 380 g/mol. The van der Waals surface area contributed by atoms with Crippen LogP contribution in [0.4, 0.5) is 5.69 Å². The Kier molecular flexibility index (Phi) is 5.37. The molecule has 0 radical (unpaired) electrons. The van der Waals surface area contributed by atoms with Crippen LogP contribution in [0.3, 0.4) is 0 Å². The maximum Gasteiger partial charge on any atom is 0.249 e. The third kappa shape index (κ3) is 3.77. The SMILES string of the molecule is N#Cc1cncc([C@@H]2CCON2C(=O)C2CCN(c3cnc(Cl)nc3)CC2)c1. The van der Waals surface area contributed by atoms with Crippen molar-refractivity contribution in [3.8, 4) is 6.07 Å². The van der Waals surface area contributed by atoms with Crippen molar-refractivity contribution in [2.45, 2.75) is 25.3 Å². The van der Waals surface area contributed by atoms with Gasteiger partial charge in [0.05, 0.1) is 36.3 Å². The second-order valence-electron chi connectivity index (χ2n) is 6.89. The normalized spacial score (nSPS) is 20.2. The molecule has 4 heterocycles. The van der Waals surface area contributed by atoms with Gasteiger partial charge in [-0.25, -0.2) is 15.0 Å². The Morgan fingerprint density at radius 3 is 2.64 bits per heavy atom. The lowest BCUT2D eigenvalue weighted by molar-refractivity contribution is -0.182. The highest BCUT2D eigenvalue weighted by atomic mass is 35.5. The Morgan fingerprint density at radius 2 is 1.93 bits per heavy atom. The van der Waals surface area contributed by atoms with Crippen LogP contribution in [-0.4, -0.2) is 45.6 Å². The van der Waals surface area contributed by atoms with Gasteiger partial charge >= 0.3 is 0 Å². The molecule has 1 amide bonds. The number of carbonyl (C=O) groups excluding carboxylic acids is 1. The Bertz CT molecular complexity index is 892. The monoisotopic (exact) mass is 398 g/mol. The Morgan fingerprint density at radius 1 is 1.18 bits per heavy atom. The van der Waals surface area contributed by atoms with Gasteiger partial charge in [0.2, 0.25) is 11.2 Å². The summed E-state index contributed by atoms with van der Waals surface area (Å²) >= 11 is 5.74. The summed E-state index contributed by atoms with van der Waals surface area (Å²) in [5, 5.41) is 10.8. The third-order valence-corrected chi connectivity index (χ3v) is 5.41. The van der Waals surface area contributed by atoms with Gasteiger partial charge in [0.15, 0.2) is 0 Å². The molecule has 4 rings (SSSR count). The van der Waals surface area contributed by atoms with E-state index in [-0.39, 0.29) is 23.2 Å².